The van der Waals surface area contributed by atoms with Crippen LogP contribution in [0.15, 0.2) is 38.2 Å². The molecule has 0 fully saturated rings. The SMILES string of the molecule is CCOC(=O)c1nn(-c2ccc(Cl)cc2Cl)c(C2=CC=C(Br)[SeH2]2)c1Br. The van der Waals surface area contributed by atoms with Gasteiger partial charge in [-0.3, -0.25) is 0 Å². The maximum absolute atomic E-state index is 12.3. The quantitative estimate of drug-likeness (QED) is 0.387. The van der Waals surface area contributed by atoms with Gasteiger partial charge in [-0.05, 0) is 0 Å². The summed E-state index contributed by atoms with van der Waals surface area (Å²) in [4.78, 5) is 12.3. The zero-order valence-corrected chi connectivity index (χ0v) is 19.6. The Balaban J connectivity index is 2.19. The number of aromatic nitrogens is 2. The van der Waals surface area contributed by atoms with Gasteiger partial charge in [-0.25, -0.2) is 0 Å². The summed E-state index contributed by atoms with van der Waals surface area (Å²) in [6.45, 7) is 2.03. The van der Waals surface area contributed by atoms with Gasteiger partial charge in [-0.1, -0.05) is 0 Å². The Morgan fingerprint density at radius 2 is 2.08 bits per heavy atom. The fourth-order valence-corrected chi connectivity index (χ4v) is 7.00. The van der Waals surface area contributed by atoms with E-state index in [-0.39, 0.29) is 12.3 Å². The van der Waals surface area contributed by atoms with E-state index in [0.29, 0.717) is 20.2 Å². The molecule has 0 bridgehead atoms. The molecule has 0 aliphatic carbocycles. The van der Waals surface area contributed by atoms with E-state index in [1.54, 1.807) is 29.8 Å². The van der Waals surface area contributed by atoms with Crippen LogP contribution in [0, 0.1) is 0 Å². The molecule has 1 aliphatic heterocycles. The van der Waals surface area contributed by atoms with Crippen molar-refractivity contribution in [3.63, 3.8) is 0 Å². The molecule has 0 amide bonds. The van der Waals surface area contributed by atoms with Crippen LogP contribution in [0.5, 0.6) is 0 Å². The first-order valence-corrected chi connectivity index (χ1v) is 11.6. The number of nitrogens with zero attached hydrogens (tertiary/aromatic N) is 2. The predicted octanol–water partition coefficient (Wildman–Crippen LogP) is 4.88. The number of ether oxygens (including phenoxy) is 1. The van der Waals surface area contributed by atoms with Crippen LogP contribution >= 0.6 is 55.1 Å². The Morgan fingerprint density at radius 1 is 1.32 bits per heavy atom. The number of carbonyl (C=O) groups is 1. The number of rotatable bonds is 4. The molecule has 4 nitrogen and oxygen atoms in total. The summed E-state index contributed by atoms with van der Waals surface area (Å²) in [5.74, 6) is -0.481. The number of benzene rings is 1. The van der Waals surface area contributed by atoms with Crippen molar-refractivity contribution in [1.82, 2.24) is 9.78 Å². The van der Waals surface area contributed by atoms with Crippen LogP contribution < -0.4 is 0 Å². The molecule has 0 N–H and O–H groups in total. The fraction of sp³-hybridized carbons (Fsp3) is 0.125. The van der Waals surface area contributed by atoms with Gasteiger partial charge in [0.2, 0.25) is 0 Å². The van der Waals surface area contributed by atoms with Gasteiger partial charge >= 0.3 is 179 Å². The first-order chi connectivity index (χ1) is 11.9. The average Bonchev–Trinajstić information content (AvgIpc) is 3.11. The number of halogens is 4. The van der Waals surface area contributed by atoms with Gasteiger partial charge in [-0.15, -0.1) is 0 Å². The minimum atomic E-state index is -0.543. The van der Waals surface area contributed by atoms with Crippen molar-refractivity contribution in [2.45, 2.75) is 6.92 Å². The monoisotopic (exact) mass is 572 g/mol. The van der Waals surface area contributed by atoms with E-state index in [9.17, 15) is 4.79 Å². The van der Waals surface area contributed by atoms with Gasteiger partial charge in [0.05, 0.1) is 0 Å². The Labute approximate surface area is 177 Å². The zero-order valence-electron chi connectivity index (χ0n) is 12.8. The third kappa shape index (κ3) is 3.92. The third-order valence-electron chi connectivity index (χ3n) is 3.34. The number of allylic oxidation sites excluding steroid dienone is 2. The van der Waals surface area contributed by atoms with Crippen molar-refractivity contribution in [2.24, 2.45) is 0 Å². The second-order valence-electron chi connectivity index (χ2n) is 4.96. The molecule has 9 heteroatoms. The summed E-state index contributed by atoms with van der Waals surface area (Å²) in [6.07, 6.45) is 4.05. The van der Waals surface area contributed by atoms with Gasteiger partial charge in [0.15, 0.2) is 0 Å². The molecule has 0 atom stereocenters. The van der Waals surface area contributed by atoms with Gasteiger partial charge < -0.3 is 0 Å². The van der Waals surface area contributed by atoms with Gasteiger partial charge in [0.25, 0.3) is 0 Å². The molecule has 25 heavy (non-hydrogen) atoms. The molecular weight excluding hydrogens is 562 g/mol. The third-order valence-corrected chi connectivity index (χ3v) is 8.19. The molecule has 0 saturated heterocycles. The molecule has 1 aliphatic rings. The Bertz CT molecular complexity index is 925. The standard InChI is InChI=1S/C16H12Br2Cl2N2O2Se/c1-2-24-16(23)14-13(18)15(11-5-6-12(17)25-11)22(21-14)10-4-3-8(19)7-9(10)20/h3-7H,2,25H2,1H3. The van der Waals surface area contributed by atoms with Crippen LogP contribution in [0.4, 0.5) is 0 Å². The topological polar surface area (TPSA) is 44.1 Å². The van der Waals surface area contributed by atoms with E-state index in [2.05, 4.69) is 37.0 Å². The van der Waals surface area contributed by atoms with E-state index in [1.165, 1.54) is 3.38 Å². The van der Waals surface area contributed by atoms with Gasteiger partial charge in [0.1, 0.15) is 0 Å². The molecular formula is C16H12Br2Cl2N2O2Se. The molecule has 2 aromatic rings. The average molecular weight is 574 g/mol. The van der Waals surface area contributed by atoms with E-state index >= 15 is 0 Å². The Hall–Kier alpha value is -0.561. The van der Waals surface area contributed by atoms with Crippen LogP contribution in [-0.2, 0) is 4.74 Å². The van der Waals surface area contributed by atoms with Crippen LogP contribution in [0.3, 0.4) is 0 Å². The summed E-state index contributed by atoms with van der Waals surface area (Å²) in [6, 6.07) is 5.16. The zero-order chi connectivity index (χ0) is 18.1. The van der Waals surface area contributed by atoms with E-state index in [4.69, 9.17) is 27.9 Å². The molecule has 0 radical (unpaired) electrons. The van der Waals surface area contributed by atoms with Crippen molar-refractivity contribution in [1.29, 1.82) is 0 Å². The normalized spacial score (nSPS) is 15.2. The predicted molar refractivity (Wildman–Crippen MR) is 111 cm³/mol. The van der Waals surface area contributed by atoms with E-state index < -0.39 is 20.9 Å². The maximum atomic E-state index is 12.3. The van der Waals surface area contributed by atoms with Crippen molar-refractivity contribution in [3.8, 4) is 5.69 Å². The summed E-state index contributed by atoms with van der Waals surface area (Å²) < 4.78 is 9.67. The van der Waals surface area contributed by atoms with Crippen molar-refractivity contribution in [2.75, 3.05) is 6.61 Å². The molecule has 2 heterocycles. The summed E-state index contributed by atoms with van der Waals surface area (Å²) in [5.41, 5.74) is 1.67. The van der Waals surface area contributed by atoms with Gasteiger partial charge in [0, 0.05) is 0 Å². The number of hydrogen-bond acceptors (Lipinski definition) is 3. The summed E-state index contributed by atoms with van der Waals surface area (Å²) in [5, 5.41) is 5.45. The molecule has 0 saturated carbocycles. The van der Waals surface area contributed by atoms with Crippen LogP contribution in [0.2, 0.25) is 10.0 Å². The molecule has 1 aromatic heterocycles. The number of carbonyl (C=O) groups excluding carboxylic acids is 1. The van der Waals surface area contributed by atoms with E-state index in [0.717, 1.165) is 10.2 Å². The van der Waals surface area contributed by atoms with Gasteiger partial charge in [-0.2, -0.15) is 0 Å². The second kappa shape index (κ2) is 7.99. The first-order valence-electron chi connectivity index (χ1n) is 7.18. The van der Waals surface area contributed by atoms with Crippen LogP contribution in [0.25, 0.3) is 10.2 Å². The van der Waals surface area contributed by atoms with E-state index in [1.807, 2.05) is 12.2 Å². The van der Waals surface area contributed by atoms with Crippen molar-refractivity contribution < 1.29 is 9.53 Å². The molecule has 1 aromatic carbocycles. The van der Waals surface area contributed by atoms with Crippen molar-refractivity contribution >= 4 is 80.5 Å². The molecule has 0 spiro atoms. The Morgan fingerprint density at radius 3 is 2.68 bits per heavy atom. The van der Waals surface area contributed by atoms with Crippen LogP contribution in [-0.4, -0.2) is 37.3 Å². The minimum absolute atomic E-state index is 0.221. The number of esters is 1. The van der Waals surface area contributed by atoms with Crippen LogP contribution in [0.1, 0.15) is 23.1 Å². The first kappa shape index (κ1) is 19.2. The molecule has 132 valence electrons. The Kier molecular flexibility index (Phi) is 6.14. The van der Waals surface area contributed by atoms with Crippen molar-refractivity contribution in [3.05, 3.63) is 59.6 Å². The summed E-state index contributed by atoms with van der Waals surface area (Å²) >= 11 is 18.9. The molecule has 3 rings (SSSR count). The molecule has 0 unspecified atom stereocenters. The number of hydrogen-bond donors (Lipinski definition) is 0. The summed E-state index contributed by atoms with van der Waals surface area (Å²) in [7, 11) is 0. The fourth-order valence-electron chi connectivity index (χ4n) is 2.30. The second-order valence-corrected chi connectivity index (χ2v) is 11.8.